The van der Waals surface area contributed by atoms with Crippen LogP contribution >= 0.6 is 0 Å². The Balaban J connectivity index is 2.06. The molecule has 3 heteroatoms. The number of aliphatic hydroxyl groups is 1. The predicted molar refractivity (Wildman–Crippen MR) is 69.7 cm³/mol. The lowest BCUT2D eigenvalue weighted by atomic mass is 9.86. The van der Waals surface area contributed by atoms with Crippen molar-refractivity contribution in [3.05, 3.63) is 0 Å². The SMILES string of the molecule is CC[C@H](CO)NC(=O)CCCC1CCCCC1. The number of nitrogens with one attached hydrogen (secondary N) is 1. The molecule has 0 spiro atoms. The number of carbonyl (C=O) groups is 1. The Morgan fingerprint density at radius 1 is 1.35 bits per heavy atom. The molecule has 100 valence electrons. The molecule has 1 rings (SSSR count). The summed E-state index contributed by atoms with van der Waals surface area (Å²) >= 11 is 0. The second-order valence-electron chi connectivity index (χ2n) is 5.25. The van der Waals surface area contributed by atoms with Crippen molar-refractivity contribution in [1.29, 1.82) is 0 Å². The molecule has 2 N–H and O–H groups in total. The number of amides is 1. The van der Waals surface area contributed by atoms with Crippen molar-refractivity contribution in [3.8, 4) is 0 Å². The number of carbonyl (C=O) groups excluding carboxylic acids is 1. The minimum atomic E-state index is -0.0582. The van der Waals surface area contributed by atoms with Gasteiger partial charge in [-0.1, -0.05) is 39.0 Å². The van der Waals surface area contributed by atoms with Crippen LogP contribution in [0, 0.1) is 5.92 Å². The lowest BCUT2D eigenvalue weighted by Crippen LogP contribution is -2.36. The number of hydrogen-bond acceptors (Lipinski definition) is 2. The highest BCUT2D eigenvalue weighted by Crippen LogP contribution is 2.27. The van der Waals surface area contributed by atoms with Gasteiger partial charge in [0.15, 0.2) is 0 Å². The molecule has 1 atom stereocenters. The van der Waals surface area contributed by atoms with Crippen molar-refractivity contribution in [3.63, 3.8) is 0 Å². The van der Waals surface area contributed by atoms with Crippen LogP contribution in [0.25, 0.3) is 0 Å². The third-order valence-electron chi connectivity index (χ3n) is 3.82. The molecule has 1 amide bonds. The van der Waals surface area contributed by atoms with Crippen LogP contribution in [0.3, 0.4) is 0 Å². The third kappa shape index (κ3) is 6.06. The van der Waals surface area contributed by atoms with E-state index >= 15 is 0 Å². The zero-order valence-corrected chi connectivity index (χ0v) is 11.1. The van der Waals surface area contributed by atoms with Gasteiger partial charge in [-0.3, -0.25) is 4.79 Å². The van der Waals surface area contributed by atoms with Crippen molar-refractivity contribution in [2.24, 2.45) is 5.92 Å². The predicted octanol–water partition coefficient (Wildman–Crippen LogP) is 2.62. The molecule has 0 aromatic rings. The summed E-state index contributed by atoms with van der Waals surface area (Å²) in [6.07, 6.45) is 10.5. The van der Waals surface area contributed by atoms with E-state index in [1.165, 1.54) is 38.5 Å². The Bertz CT molecular complexity index is 208. The van der Waals surface area contributed by atoms with E-state index in [0.717, 1.165) is 18.8 Å². The van der Waals surface area contributed by atoms with Crippen LogP contribution < -0.4 is 5.32 Å². The van der Waals surface area contributed by atoms with E-state index in [1.807, 2.05) is 6.92 Å². The van der Waals surface area contributed by atoms with E-state index in [4.69, 9.17) is 5.11 Å². The summed E-state index contributed by atoms with van der Waals surface area (Å²) in [7, 11) is 0. The van der Waals surface area contributed by atoms with Crippen LogP contribution in [0.4, 0.5) is 0 Å². The maximum absolute atomic E-state index is 11.6. The van der Waals surface area contributed by atoms with Crippen LogP contribution in [-0.4, -0.2) is 23.7 Å². The topological polar surface area (TPSA) is 49.3 Å². The van der Waals surface area contributed by atoms with Gasteiger partial charge < -0.3 is 10.4 Å². The second-order valence-corrected chi connectivity index (χ2v) is 5.25. The molecular formula is C14H27NO2. The molecule has 0 unspecified atom stereocenters. The van der Waals surface area contributed by atoms with Crippen molar-refractivity contribution >= 4 is 5.91 Å². The highest BCUT2D eigenvalue weighted by molar-refractivity contribution is 5.76. The largest absolute Gasteiger partial charge is 0.394 e. The van der Waals surface area contributed by atoms with Crippen molar-refractivity contribution < 1.29 is 9.90 Å². The van der Waals surface area contributed by atoms with Gasteiger partial charge >= 0.3 is 0 Å². The van der Waals surface area contributed by atoms with E-state index in [1.54, 1.807) is 0 Å². The van der Waals surface area contributed by atoms with Gasteiger partial charge in [0.05, 0.1) is 12.6 Å². The zero-order valence-electron chi connectivity index (χ0n) is 11.1. The minimum absolute atomic E-state index is 0.0465. The maximum Gasteiger partial charge on any atom is 0.220 e. The molecule has 17 heavy (non-hydrogen) atoms. The van der Waals surface area contributed by atoms with E-state index in [2.05, 4.69) is 5.32 Å². The molecule has 1 aliphatic carbocycles. The number of rotatable bonds is 7. The van der Waals surface area contributed by atoms with E-state index in [-0.39, 0.29) is 18.6 Å². The summed E-state index contributed by atoms with van der Waals surface area (Å²) in [5.74, 6) is 0.957. The highest BCUT2D eigenvalue weighted by atomic mass is 16.3. The lowest BCUT2D eigenvalue weighted by Gasteiger charge is -2.21. The van der Waals surface area contributed by atoms with Crippen LogP contribution in [0.2, 0.25) is 0 Å². The van der Waals surface area contributed by atoms with Gasteiger partial charge in [0.1, 0.15) is 0 Å². The summed E-state index contributed by atoms with van der Waals surface area (Å²) < 4.78 is 0. The fourth-order valence-electron chi connectivity index (χ4n) is 2.60. The molecule has 1 fully saturated rings. The summed E-state index contributed by atoms with van der Waals surface area (Å²) in [5, 5.41) is 11.9. The fourth-order valence-corrected chi connectivity index (χ4v) is 2.60. The Kier molecular flexibility index (Phi) is 7.25. The molecule has 0 radical (unpaired) electrons. The maximum atomic E-state index is 11.6. The number of aliphatic hydroxyl groups excluding tert-OH is 1. The van der Waals surface area contributed by atoms with Gasteiger partial charge in [-0.05, 0) is 25.2 Å². The first-order valence-electron chi connectivity index (χ1n) is 7.16. The van der Waals surface area contributed by atoms with E-state index < -0.39 is 0 Å². The van der Waals surface area contributed by atoms with E-state index in [9.17, 15) is 4.79 Å². The normalized spacial score (nSPS) is 18.9. The van der Waals surface area contributed by atoms with Gasteiger partial charge in [-0.2, -0.15) is 0 Å². The smallest absolute Gasteiger partial charge is 0.220 e. The van der Waals surface area contributed by atoms with Gasteiger partial charge in [0, 0.05) is 6.42 Å². The summed E-state index contributed by atoms with van der Waals surface area (Å²) in [6.45, 7) is 2.02. The highest BCUT2D eigenvalue weighted by Gasteiger charge is 2.14. The molecule has 3 nitrogen and oxygen atoms in total. The zero-order chi connectivity index (χ0) is 12.5. The van der Waals surface area contributed by atoms with Crippen LogP contribution in [0.5, 0.6) is 0 Å². The second kappa shape index (κ2) is 8.51. The first kappa shape index (κ1) is 14.5. The standard InChI is InChI=1S/C14H27NO2/c1-2-13(11-16)15-14(17)10-6-9-12-7-4-3-5-8-12/h12-13,16H,2-11H2,1H3,(H,15,17)/t13-/m1/s1. The molecule has 0 aliphatic heterocycles. The average molecular weight is 241 g/mol. The molecule has 0 aromatic carbocycles. The first-order valence-corrected chi connectivity index (χ1v) is 7.16. The minimum Gasteiger partial charge on any atom is -0.394 e. The molecule has 0 saturated heterocycles. The lowest BCUT2D eigenvalue weighted by molar-refractivity contribution is -0.122. The van der Waals surface area contributed by atoms with E-state index in [0.29, 0.717) is 6.42 Å². The Labute approximate surface area is 105 Å². The fraction of sp³-hybridized carbons (Fsp3) is 0.929. The molecule has 0 heterocycles. The summed E-state index contributed by atoms with van der Waals surface area (Å²) in [4.78, 5) is 11.6. The van der Waals surface area contributed by atoms with Crippen LogP contribution in [0.1, 0.15) is 64.7 Å². The molecule has 1 saturated carbocycles. The molecule has 1 aliphatic rings. The van der Waals surface area contributed by atoms with Gasteiger partial charge in [0.2, 0.25) is 5.91 Å². The molecule has 0 bridgehead atoms. The van der Waals surface area contributed by atoms with Gasteiger partial charge in [-0.25, -0.2) is 0 Å². The van der Waals surface area contributed by atoms with Crippen molar-refractivity contribution in [1.82, 2.24) is 5.32 Å². The summed E-state index contributed by atoms with van der Waals surface area (Å²) in [6, 6.07) is -0.0582. The molecular weight excluding hydrogens is 214 g/mol. The van der Waals surface area contributed by atoms with Crippen LogP contribution in [-0.2, 0) is 4.79 Å². The quantitative estimate of drug-likeness (QED) is 0.720. The van der Waals surface area contributed by atoms with Crippen LogP contribution in [0.15, 0.2) is 0 Å². The Morgan fingerprint density at radius 3 is 2.65 bits per heavy atom. The average Bonchev–Trinajstić information content (AvgIpc) is 2.37. The van der Waals surface area contributed by atoms with Gasteiger partial charge in [-0.15, -0.1) is 0 Å². The third-order valence-corrected chi connectivity index (χ3v) is 3.82. The summed E-state index contributed by atoms with van der Waals surface area (Å²) in [5.41, 5.74) is 0. The van der Waals surface area contributed by atoms with Crippen molar-refractivity contribution in [2.45, 2.75) is 70.8 Å². The first-order chi connectivity index (χ1) is 8.26. The molecule has 0 aromatic heterocycles. The Morgan fingerprint density at radius 2 is 2.06 bits per heavy atom. The van der Waals surface area contributed by atoms with Gasteiger partial charge in [0.25, 0.3) is 0 Å². The van der Waals surface area contributed by atoms with Crippen molar-refractivity contribution in [2.75, 3.05) is 6.61 Å². The monoisotopic (exact) mass is 241 g/mol. The number of hydrogen-bond donors (Lipinski definition) is 2. The Hall–Kier alpha value is -0.570.